The van der Waals surface area contributed by atoms with Gasteiger partial charge >= 0.3 is 0 Å². The summed E-state index contributed by atoms with van der Waals surface area (Å²) >= 11 is 0. The predicted molar refractivity (Wildman–Crippen MR) is 98.9 cm³/mol. The maximum atomic E-state index is 12.6. The topological polar surface area (TPSA) is 76.4 Å². The number of para-hydroxylation sites is 1. The molecule has 0 spiro atoms. The first-order chi connectivity index (χ1) is 12.1. The number of carbonyl (C=O) groups excluding carboxylic acids is 1. The van der Waals surface area contributed by atoms with Crippen LogP contribution in [0.3, 0.4) is 0 Å². The second-order valence-electron chi connectivity index (χ2n) is 6.47. The summed E-state index contributed by atoms with van der Waals surface area (Å²) < 4.78 is 0. The van der Waals surface area contributed by atoms with Crippen molar-refractivity contribution in [3.8, 4) is 6.07 Å². The lowest BCUT2D eigenvalue weighted by atomic mass is 10.00. The Hall–Kier alpha value is -2.32. The average molecular weight is 341 g/mol. The summed E-state index contributed by atoms with van der Waals surface area (Å²) in [4.78, 5) is 14.7. The lowest BCUT2D eigenvalue weighted by molar-refractivity contribution is -0.112. The summed E-state index contributed by atoms with van der Waals surface area (Å²) in [5.41, 5.74) is 2.94. The predicted octanol–water partition coefficient (Wildman–Crippen LogP) is 3.14. The monoisotopic (exact) mass is 341 g/mol. The minimum absolute atomic E-state index is 0.107. The van der Waals surface area contributed by atoms with E-state index in [1.807, 2.05) is 43.0 Å². The molecule has 0 bridgehead atoms. The second kappa shape index (κ2) is 9.24. The molecule has 0 radical (unpaired) electrons. The van der Waals surface area contributed by atoms with E-state index in [1.165, 1.54) is 0 Å². The van der Waals surface area contributed by atoms with Gasteiger partial charge in [0.1, 0.15) is 11.6 Å². The zero-order chi connectivity index (χ0) is 18.2. The van der Waals surface area contributed by atoms with E-state index in [-0.39, 0.29) is 24.1 Å². The van der Waals surface area contributed by atoms with Crippen LogP contribution < -0.4 is 5.32 Å². The maximum Gasteiger partial charge on any atom is 0.267 e. The minimum atomic E-state index is -0.375. The molecule has 1 saturated heterocycles. The zero-order valence-corrected chi connectivity index (χ0v) is 15.1. The van der Waals surface area contributed by atoms with Crippen LogP contribution in [0.2, 0.25) is 0 Å². The van der Waals surface area contributed by atoms with Crippen LogP contribution in [-0.2, 0) is 11.2 Å². The number of hydrogen-bond donors (Lipinski definition) is 2. The number of aliphatic hydroxyl groups excluding tert-OH is 1. The Balaban J connectivity index is 2.20. The molecule has 0 saturated carbocycles. The fraction of sp³-hybridized carbons (Fsp3) is 0.500. The number of likely N-dealkylation sites (tertiary alicyclic amines) is 1. The third-order valence-corrected chi connectivity index (χ3v) is 4.77. The van der Waals surface area contributed by atoms with Gasteiger partial charge < -0.3 is 15.3 Å². The number of rotatable bonds is 6. The summed E-state index contributed by atoms with van der Waals surface area (Å²) in [6.07, 6.45) is 6.28. The normalized spacial score (nSPS) is 17.9. The number of nitrogens with zero attached hydrogens (tertiary/aromatic N) is 2. The standard InChI is InChI=1S/C20H27N3O2/c1-3-16-8-6-7-15(2)19(16)22-20(25)17(13-21)14-23-11-5-4-9-18(23)10-12-24/h6-8,14,18,24H,3-5,9-12H2,1-2H3,(H,22,25)/b17-14-. The number of amides is 1. The molecule has 1 aromatic carbocycles. The van der Waals surface area contributed by atoms with Crippen molar-refractivity contribution < 1.29 is 9.90 Å². The molecular formula is C20H27N3O2. The lowest BCUT2D eigenvalue weighted by Crippen LogP contribution is -2.37. The highest BCUT2D eigenvalue weighted by Gasteiger charge is 2.22. The molecule has 0 aliphatic carbocycles. The molecule has 1 fully saturated rings. The van der Waals surface area contributed by atoms with Crippen molar-refractivity contribution in [3.05, 3.63) is 41.1 Å². The quantitative estimate of drug-likeness (QED) is 0.615. The van der Waals surface area contributed by atoms with Crippen LogP contribution in [0.4, 0.5) is 5.69 Å². The largest absolute Gasteiger partial charge is 0.396 e. The van der Waals surface area contributed by atoms with Gasteiger partial charge in [-0.3, -0.25) is 4.79 Å². The highest BCUT2D eigenvalue weighted by atomic mass is 16.3. The van der Waals surface area contributed by atoms with E-state index in [4.69, 9.17) is 0 Å². The highest BCUT2D eigenvalue weighted by Crippen LogP contribution is 2.23. The number of aliphatic hydroxyl groups is 1. The van der Waals surface area contributed by atoms with Gasteiger partial charge in [-0.2, -0.15) is 5.26 Å². The Morgan fingerprint density at radius 3 is 2.96 bits per heavy atom. The second-order valence-corrected chi connectivity index (χ2v) is 6.47. The van der Waals surface area contributed by atoms with Gasteiger partial charge in [0.25, 0.3) is 5.91 Å². The third-order valence-electron chi connectivity index (χ3n) is 4.77. The number of hydrogen-bond acceptors (Lipinski definition) is 4. The van der Waals surface area contributed by atoms with Crippen molar-refractivity contribution >= 4 is 11.6 Å². The third kappa shape index (κ3) is 4.83. The first-order valence-electron chi connectivity index (χ1n) is 8.99. The van der Waals surface area contributed by atoms with Gasteiger partial charge in [-0.25, -0.2) is 0 Å². The molecule has 2 rings (SSSR count). The molecule has 1 heterocycles. The number of nitrogens with one attached hydrogen (secondary N) is 1. The summed E-state index contributed by atoms with van der Waals surface area (Å²) in [5.74, 6) is -0.375. The Labute approximate surface area is 150 Å². The molecule has 1 amide bonds. The molecule has 1 unspecified atom stereocenters. The fourth-order valence-corrected chi connectivity index (χ4v) is 3.34. The van der Waals surface area contributed by atoms with Crippen LogP contribution >= 0.6 is 0 Å². The molecular weight excluding hydrogens is 314 g/mol. The van der Waals surface area contributed by atoms with Crippen molar-refractivity contribution in [2.24, 2.45) is 0 Å². The number of aryl methyl sites for hydroxylation is 2. The first kappa shape index (κ1) is 19.0. The SMILES string of the molecule is CCc1cccc(C)c1NC(=O)/C(C#N)=C\N1CCCCC1CCO. The van der Waals surface area contributed by atoms with Gasteiger partial charge in [-0.15, -0.1) is 0 Å². The van der Waals surface area contributed by atoms with Crippen molar-refractivity contribution in [3.63, 3.8) is 0 Å². The van der Waals surface area contributed by atoms with E-state index in [0.29, 0.717) is 6.42 Å². The van der Waals surface area contributed by atoms with E-state index in [0.717, 1.165) is 49.0 Å². The number of benzene rings is 1. The summed E-state index contributed by atoms with van der Waals surface area (Å²) in [6, 6.07) is 8.14. The molecule has 1 atom stereocenters. The van der Waals surface area contributed by atoms with E-state index in [9.17, 15) is 15.2 Å². The van der Waals surface area contributed by atoms with Gasteiger partial charge in [0.05, 0.1) is 0 Å². The number of carbonyl (C=O) groups is 1. The van der Waals surface area contributed by atoms with Gasteiger partial charge in [0.2, 0.25) is 0 Å². The molecule has 0 aromatic heterocycles. The van der Waals surface area contributed by atoms with Crippen LogP contribution in [0.15, 0.2) is 30.0 Å². The summed E-state index contributed by atoms with van der Waals surface area (Å²) in [7, 11) is 0. The van der Waals surface area contributed by atoms with Gasteiger partial charge in [0.15, 0.2) is 0 Å². The van der Waals surface area contributed by atoms with Crippen LogP contribution in [0, 0.1) is 18.3 Å². The van der Waals surface area contributed by atoms with Crippen LogP contribution in [0.25, 0.3) is 0 Å². The van der Waals surface area contributed by atoms with Crippen LogP contribution in [0.5, 0.6) is 0 Å². The molecule has 134 valence electrons. The molecule has 5 heteroatoms. The number of anilines is 1. The maximum absolute atomic E-state index is 12.6. The Morgan fingerprint density at radius 1 is 1.48 bits per heavy atom. The molecule has 1 aromatic rings. The zero-order valence-electron chi connectivity index (χ0n) is 15.1. The molecule has 25 heavy (non-hydrogen) atoms. The van der Waals surface area contributed by atoms with E-state index < -0.39 is 0 Å². The highest BCUT2D eigenvalue weighted by molar-refractivity contribution is 6.07. The molecule has 1 aliphatic heterocycles. The van der Waals surface area contributed by atoms with Crippen LogP contribution in [-0.4, -0.2) is 35.1 Å². The van der Waals surface area contributed by atoms with Gasteiger partial charge in [-0.05, 0) is 50.2 Å². The Bertz CT molecular complexity index is 674. The fourth-order valence-electron chi connectivity index (χ4n) is 3.34. The first-order valence-corrected chi connectivity index (χ1v) is 8.99. The lowest BCUT2D eigenvalue weighted by Gasteiger charge is -2.34. The smallest absolute Gasteiger partial charge is 0.267 e. The van der Waals surface area contributed by atoms with Crippen molar-refractivity contribution in [1.82, 2.24) is 4.90 Å². The number of piperidine rings is 1. The molecule has 1 aliphatic rings. The van der Waals surface area contributed by atoms with Crippen molar-refractivity contribution in [1.29, 1.82) is 5.26 Å². The van der Waals surface area contributed by atoms with Crippen molar-refractivity contribution in [2.45, 2.75) is 52.0 Å². The van der Waals surface area contributed by atoms with Gasteiger partial charge in [-0.1, -0.05) is 25.1 Å². The van der Waals surface area contributed by atoms with Gasteiger partial charge in [0, 0.05) is 31.1 Å². The van der Waals surface area contributed by atoms with Crippen molar-refractivity contribution in [2.75, 3.05) is 18.5 Å². The minimum Gasteiger partial charge on any atom is -0.396 e. The summed E-state index contributed by atoms with van der Waals surface area (Å²) in [5, 5.41) is 21.6. The van der Waals surface area contributed by atoms with Crippen LogP contribution in [0.1, 0.15) is 43.7 Å². The van der Waals surface area contributed by atoms with E-state index >= 15 is 0 Å². The van der Waals surface area contributed by atoms with E-state index in [1.54, 1.807) is 6.20 Å². The summed E-state index contributed by atoms with van der Waals surface area (Å²) in [6.45, 7) is 4.92. The number of nitriles is 1. The molecule has 2 N–H and O–H groups in total. The Morgan fingerprint density at radius 2 is 2.28 bits per heavy atom. The molecule has 5 nitrogen and oxygen atoms in total. The Kier molecular flexibility index (Phi) is 7.03. The average Bonchev–Trinajstić information content (AvgIpc) is 2.62. The van der Waals surface area contributed by atoms with E-state index in [2.05, 4.69) is 5.32 Å².